The van der Waals surface area contributed by atoms with Gasteiger partial charge in [0.25, 0.3) is 5.91 Å². The first kappa shape index (κ1) is 18.9. The molecule has 1 amide bonds. The molecule has 29 heavy (non-hydrogen) atoms. The molecule has 146 valence electrons. The van der Waals surface area contributed by atoms with E-state index in [4.69, 9.17) is 11.6 Å². The zero-order chi connectivity index (χ0) is 20.4. The lowest BCUT2D eigenvalue weighted by molar-refractivity contribution is 0.0941. The highest BCUT2D eigenvalue weighted by Crippen LogP contribution is 2.22. The predicted molar refractivity (Wildman–Crippen MR) is 107 cm³/mol. The largest absolute Gasteiger partial charge is 0.338 e. The van der Waals surface area contributed by atoms with Gasteiger partial charge in [0.05, 0.1) is 17.4 Å². The van der Waals surface area contributed by atoms with Crippen molar-refractivity contribution in [3.63, 3.8) is 0 Å². The van der Waals surface area contributed by atoms with Gasteiger partial charge >= 0.3 is 0 Å². The maximum absolute atomic E-state index is 13.4. The van der Waals surface area contributed by atoms with Gasteiger partial charge in [0.1, 0.15) is 17.7 Å². The number of imidazole rings is 1. The van der Waals surface area contributed by atoms with Crippen LogP contribution in [0.2, 0.25) is 5.02 Å². The minimum atomic E-state index is -0.540. The monoisotopic (exact) mass is 409 g/mol. The molecule has 2 aromatic heterocycles. The topological polar surface area (TPSA) is 64.7 Å². The van der Waals surface area contributed by atoms with Crippen LogP contribution in [0.25, 0.3) is 5.69 Å². The van der Waals surface area contributed by atoms with Crippen molar-refractivity contribution in [2.75, 3.05) is 0 Å². The van der Waals surface area contributed by atoms with Crippen molar-refractivity contribution in [3.05, 3.63) is 101 Å². The number of amides is 1. The summed E-state index contributed by atoms with van der Waals surface area (Å²) in [5, 5.41) is 7.84. The summed E-state index contributed by atoms with van der Waals surface area (Å²) in [6.45, 7) is 0. The van der Waals surface area contributed by atoms with Crippen LogP contribution in [0.5, 0.6) is 0 Å². The Labute approximate surface area is 171 Å². The third-order valence-corrected chi connectivity index (χ3v) is 4.78. The highest BCUT2D eigenvalue weighted by molar-refractivity contribution is 6.30. The second kappa shape index (κ2) is 7.89. The van der Waals surface area contributed by atoms with Crippen LogP contribution in [0.15, 0.2) is 73.3 Å². The number of aryl methyl sites for hydroxylation is 1. The number of halogens is 2. The van der Waals surface area contributed by atoms with E-state index < -0.39 is 6.04 Å². The highest BCUT2D eigenvalue weighted by atomic mass is 35.5. The summed E-state index contributed by atoms with van der Waals surface area (Å²) >= 11 is 5.92. The molecular weight excluding hydrogens is 393 g/mol. The van der Waals surface area contributed by atoms with Crippen molar-refractivity contribution < 1.29 is 9.18 Å². The molecule has 2 aromatic carbocycles. The molecule has 0 bridgehead atoms. The Balaban J connectivity index is 1.61. The Hall–Kier alpha value is -3.45. The SMILES string of the molecule is Cn1ccnc1C(NC(=O)c1cnn(-c2ccc(Cl)cc2)c1)c1ccc(F)cc1. The summed E-state index contributed by atoms with van der Waals surface area (Å²) < 4.78 is 16.8. The summed E-state index contributed by atoms with van der Waals surface area (Å²) in [4.78, 5) is 17.2. The molecular formula is C21H17ClFN5O. The molecule has 0 saturated carbocycles. The van der Waals surface area contributed by atoms with Gasteiger partial charge in [-0.15, -0.1) is 0 Å². The van der Waals surface area contributed by atoms with Gasteiger partial charge < -0.3 is 9.88 Å². The zero-order valence-electron chi connectivity index (χ0n) is 15.5. The highest BCUT2D eigenvalue weighted by Gasteiger charge is 2.22. The number of carbonyl (C=O) groups excluding carboxylic acids is 1. The Morgan fingerprint density at radius 2 is 1.86 bits per heavy atom. The lowest BCUT2D eigenvalue weighted by Gasteiger charge is -2.18. The van der Waals surface area contributed by atoms with Gasteiger partial charge in [-0.1, -0.05) is 23.7 Å². The lowest BCUT2D eigenvalue weighted by Crippen LogP contribution is -2.31. The Morgan fingerprint density at radius 1 is 1.14 bits per heavy atom. The first-order valence-electron chi connectivity index (χ1n) is 8.85. The van der Waals surface area contributed by atoms with Crippen LogP contribution in [-0.2, 0) is 7.05 Å². The minimum absolute atomic E-state index is 0.317. The number of hydrogen-bond donors (Lipinski definition) is 1. The first-order valence-corrected chi connectivity index (χ1v) is 9.23. The zero-order valence-corrected chi connectivity index (χ0v) is 16.2. The molecule has 1 atom stereocenters. The second-order valence-corrected chi connectivity index (χ2v) is 6.94. The molecule has 1 unspecified atom stereocenters. The summed E-state index contributed by atoms with van der Waals surface area (Å²) in [6, 6.07) is 12.6. The first-order chi connectivity index (χ1) is 14.0. The fourth-order valence-electron chi connectivity index (χ4n) is 3.00. The van der Waals surface area contributed by atoms with Crippen molar-refractivity contribution >= 4 is 17.5 Å². The molecule has 8 heteroatoms. The van der Waals surface area contributed by atoms with Gasteiger partial charge in [-0.3, -0.25) is 4.79 Å². The molecule has 1 N–H and O–H groups in total. The maximum Gasteiger partial charge on any atom is 0.255 e. The number of benzene rings is 2. The molecule has 2 heterocycles. The fraction of sp³-hybridized carbons (Fsp3) is 0.0952. The lowest BCUT2D eigenvalue weighted by atomic mass is 10.1. The molecule has 4 rings (SSSR count). The van der Waals surface area contributed by atoms with Crippen molar-refractivity contribution in [1.82, 2.24) is 24.6 Å². The average Bonchev–Trinajstić information content (AvgIpc) is 3.37. The van der Waals surface area contributed by atoms with E-state index in [0.29, 0.717) is 16.4 Å². The van der Waals surface area contributed by atoms with E-state index in [1.807, 2.05) is 23.7 Å². The van der Waals surface area contributed by atoms with Crippen LogP contribution in [0, 0.1) is 5.82 Å². The molecule has 0 saturated heterocycles. The van der Waals surface area contributed by atoms with Gasteiger partial charge in [0, 0.05) is 30.7 Å². The Morgan fingerprint density at radius 3 is 2.52 bits per heavy atom. The van der Waals surface area contributed by atoms with Crippen LogP contribution in [0.4, 0.5) is 4.39 Å². The van der Waals surface area contributed by atoms with E-state index in [2.05, 4.69) is 15.4 Å². The van der Waals surface area contributed by atoms with E-state index in [9.17, 15) is 9.18 Å². The summed E-state index contributed by atoms with van der Waals surface area (Å²) in [5.41, 5.74) is 1.90. The van der Waals surface area contributed by atoms with Crippen molar-refractivity contribution in [2.24, 2.45) is 7.05 Å². The Bertz CT molecular complexity index is 1130. The van der Waals surface area contributed by atoms with Gasteiger partial charge in [-0.2, -0.15) is 5.10 Å². The quantitative estimate of drug-likeness (QED) is 0.543. The number of nitrogens with one attached hydrogen (secondary N) is 1. The average molecular weight is 410 g/mol. The normalized spacial score (nSPS) is 12.0. The van der Waals surface area contributed by atoms with E-state index in [0.717, 1.165) is 11.3 Å². The second-order valence-electron chi connectivity index (χ2n) is 6.50. The number of nitrogens with zero attached hydrogens (tertiary/aromatic N) is 4. The standard InChI is InChI=1S/C21H17ClFN5O/c1-27-11-10-24-20(27)19(14-2-6-17(23)7-3-14)26-21(29)15-12-25-28(13-15)18-8-4-16(22)5-9-18/h2-13,19H,1H3,(H,26,29). The third kappa shape index (κ3) is 4.05. The molecule has 4 aromatic rings. The third-order valence-electron chi connectivity index (χ3n) is 4.53. The fourth-order valence-corrected chi connectivity index (χ4v) is 3.12. The maximum atomic E-state index is 13.4. The van der Waals surface area contributed by atoms with Crippen LogP contribution >= 0.6 is 11.6 Å². The van der Waals surface area contributed by atoms with Crippen LogP contribution < -0.4 is 5.32 Å². The number of carbonyl (C=O) groups is 1. The molecule has 0 aliphatic heterocycles. The molecule has 6 nitrogen and oxygen atoms in total. The minimum Gasteiger partial charge on any atom is -0.338 e. The van der Waals surface area contributed by atoms with Crippen molar-refractivity contribution in [2.45, 2.75) is 6.04 Å². The van der Waals surface area contributed by atoms with E-state index in [1.54, 1.807) is 47.5 Å². The van der Waals surface area contributed by atoms with E-state index >= 15 is 0 Å². The molecule has 0 spiro atoms. The summed E-state index contributed by atoms with van der Waals surface area (Å²) in [5.74, 6) is -0.0273. The molecule has 0 aliphatic rings. The van der Waals surface area contributed by atoms with Gasteiger partial charge in [0.2, 0.25) is 0 Å². The molecule has 0 fully saturated rings. The predicted octanol–water partition coefficient (Wildman–Crippen LogP) is 3.92. The van der Waals surface area contributed by atoms with Gasteiger partial charge in [-0.05, 0) is 42.0 Å². The van der Waals surface area contributed by atoms with Gasteiger partial charge in [0.15, 0.2) is 0 Å². The van der Waals surface area contributed by atoms with Gasteiger partial charge in [-0.25, -0.2) is 14.1 Å². The smallest absolute Gasteiger partial charge is 0.255 e. The number of rotatable bonds is 5. The number of hydrogen-bond acceptors (Lipinski definition) is 3. The molecule has 0 aliphatic carbocycles. The van der Waals surface area contributed by atoms with E-state index in [-0.39, 0.29) is 11.7 Å². The summed E-state index contributed by atoms with van der Waals surface area (Å²) in [6.07, 6.45) is 6.57. The van der Waals surface area contributed by atoms with Crippen LogP contribution in [0.3, 0.4) is 0 Å². The van der Waals surface area contributed by atoms with Crippen molar-refractivity contribution in [1.29, 1.82) is 0 Å². The molecule has 0 radical (unpaired) electrons. The van der Waals surface area contributed by atoms with E-state index in [1.165, 1.54) is 18.3 Å². The van der Waals surface area contributed by atoms with Crippen LogP contribution in [-0.4, -0.2) is 25.2 Å². The van der Waals surface area contributed by atoms with Crippen LogP contribution in [0.1, 0.15) is 27.8 Å². The van der Waals surface area contributed by atoms with Crippen molar-refractivity contribution in [3.8, 4) is 5.69 Å². The number of aromatic nitrogens is 4. The Kier molecular flexibility index (Phi) is 5.14. The summed E-state index contributed by atoms with van der Waals surface area (Å²) in [7, 11) is 1.84.